The lowest BCUT2D eigenvalue weighted by Crippen LogP contribution is -2.19. The molecule has 2 N–H and O–H groups in total. The van der Waals surface area contributed by atoms with Crippen LogP contribution >= 0.6 is 0 Å². The molecule has 0 fully saturated rings. The maximum Gasteiger partial charge on any atom is 0.233 e. The minimum atomic E-state index is -0.942. The molecule has 21 heavy (non-hydrogen) atoms. The van der Waals surface area contributed by atoms with Gasteiger partial charge in [-0.15, -0.1) is 0 Å². The predicted octanol–water partition coefficient (Wildman–Crippen LogP) is 1.82. The number of rotatable bonds is 2. The summed E-state index contributed by atoms with van der Waals surface area (Å²) < 4.78 is 10.2. The molecule has 6 heteroatoms. The summed E-state index contributed by atoms with van der Waals surface area (Å²) in [6.45, 7) is 1.47. The lowest BCUT2D eigenvalue weighted by molar-refractivity contribution is 0.0950. The number of hydrogen-bond acceptors (Lipinski definition) is 6. The number of carbonyl (C=O) groups is 2. The quantitative estimate of drug-likeness (QED) is 0.746. The first-order chi connectivity index (χ1) is 9.95. The minimum absolute atomic E-state index is 0.0868. The van der Waals surface area contributed by atoms with Gasteiger partial charge < -0.3 is 19.4 Å². The Morgan fingerprint density at radius 3 is 2.52 bits per heavy atom. The summed E-state index contributed by atoms with van der Waals surface area (Å²) in [5, 5.41) is 19.6. The van der Waals surface area contributed by atoms with E-state index >= 15 is 0 Å². The van der Waals surface area contributed by atoms with Crippen LogP contribution in [0.5, 0.6) is 11.5 Å². The van der Waals surface area contributed by atoms with Crippen LogP contribution in [-0.2, 0) is 0 Å². The number of fused-ring (bicyclic) bond motifs is 2. The van der Waals surface area contributed by atoms with Crippen LogP contribution in [0.2, 0.25) is 0 Å². The molecule has 0 amide bonds. The average Bonchev–Trinajstić information content (AvgIpc) is 2.90. The van der Waals surface area contributed by atoms with Crippen LogP contribution < -0.4 is 4.74 Å². The number of carbonyl (C=O) groups excluding carboxylic acids is 2. The summed E-state index contributed by atoms with van der Waals surface area (Å²) in [7, 11) is 1.35. The molecular weight excluding hydrogens is 276 g/mol. The third-order valence-corrected chi connectivity index (χ3v) is 3.45. The van der Waals surface area contributed by atoms with Crippen molar-refractivity contribution in [2.75, 3.05) is 7.11 Å². The van der Waals surface area contributed by atoms with Crippen molar-refractivity contribution >= 4 is 11.6 Å². The van der Waals surface area contributed by atoms with Gasteiger partial charge in [0.2, 0.25) is 5.78 Å². The number of benzene rings is 1. The van der Waals surface area contributed by atoms with Gasteiger partial charge in [0.15, 0.2) is 23.0 Å². The lowest BCUT2D eigenvalue weighted by Gasteiger charge is -2.15. The van der Waals surface area contributed by atoms with Crippen molar-refractivity contribution in [1.82, 2.24) is 0 Å². The van der Waals surface area contributed by atoms with Crippen molar-refractivity contribution in [3.63, 3.8) is 0 Å². The molecule has 1 unspecified atom stereocenters. The van der Waals surface area contributed by atoms with E-state index in [1.807, 2.05) is 0 Å². The Balaban J connectivity index is 2.25. The van der Waals surface area contributed by atoms with Crippen LogP contribution in [0.15, 0.2) is 22.6 Å². The first kappa shape index (κ1) is 13.4. The molecular formula is C15H12O6. The number of ketones is 2. The summed E-state index contributed by atoms with van der Waals surface area (Å²) in [4.78, 5) is 24.8. The van der Waals surface area contributed by atoms with Gasteiger partial charge in [-0.3, -0.25) is 9.59 Å². The van der Waals surface area contributed by atoms with Crippen molar-refractivity contribution in [2.45, 2.75) is 13.0 Å². The monoisotopic (exact) mass is 288 g/mol. The number of hydrogen-bond donors (Lipinski definition) is 2. The molecule has 108 valence electrons. The highest BCUT2D eigenvalue weighted by Gasteiger charge is 2.37. The summed E-state index contributed by atoms with van der Waals surface area (Å²) in [5.74, 6) is -1.39. The second-order valence-electron chi connectivity index (χ2n) is 4.76. The normalized spacial score (nSPS) is 14.6. The second kappa shape index (κ2) is 4.46. The Bertz CT molecular complexity index is 769. The van der Waals surface area contributed by atoms with E-state index in [2.05, 4.69) is 0 Å². The Labute approximate surface area is 119 Å². The zero-order chi connectivity index (χ0) is 15.3. The van der Waals surface area contributed by atoms with Gasteiger partial charge in [0.1, 0.15) is 11.9 Å². The molecule has 6 nitrogen and oxygen atoms in total. The van der Waals surface area contributed by atoms with E-state index < -0.39 is 23.4 Å². The number of aliphatic hydroxyl groups excluding tert-OH is 1. The molecule has 3 rings (SSSR count). The van der Waals surface area contributed by atoms with E-state index in [1.54, 1.807) is 0 Å². The molecule has 2 aromatic rings. The van der Waals surface area contributed by atoms with Gasteiger partial charge in [0.05, 0.1) is 18.2 Å². The largest absolute Gasteiger partial charge is 0.504 e. The number of furan rings is 1. The molecule has 1 heterocycles. The second-order valence-corrected chi connectivity index (χ2v) is 4.76. The topological polar surface area (TPSA) is 97.0 Å². The molecule has 1 aromatic carbocycles. The van der Waals surface area contributed by atoms with Gasteiger partial charge in [-0.2, -0.15) is 0 Å². The zero-order valence-corrected chi connectivity index (χ0v) is 11.3. The van der Waals surface area contributed by atoms with Crippen LogP contribution in [-0.4, -0.2) is 28.9 Å². The van der Waals surface area contributed by atoms with Gasteiger partial charge in [-0.05, 0) is 25.1 Å². The summed E-state index contributed by atoms with van der Waals surface area (Å²) in [6.07, 6.45) is -0.942. The number of phenolic OH excluding ortho intramolecular Hbond substituents is 1. The predicted molar refractivity (Wildman–Crippen MR) is 70.9 cm³/mol. The number of aliphatic hydroxyl groups is 1. The number of phenols is 1. The van der Waals surface area contributed by atoms with E-state index in [-0.39, 0.29) is 34.0 Å². The molecule has 0 radical (unpaired) electrons. The van der Waals surface area contributed by atoms with E-state index in [9.17, 15) is 19.8 Å². The van der Waals surface area contributed by atoms with Gasteiger partial charge in [-0.25, -0.2) is 0 Å². The van der Waals surface area contributed by atoms with Crippen molar-refractivity contribution in [1.29, 1.82) is 0 Å². The first-order valence-corrected chi connectivity index (χ1v) is 6.26. The fourth-order valence-electron chi connectivity index (χ4n) is 2.37. The Kier molecular flexibility index (Phi) is 2.84. The number of ether oxygens (including phenoxy) is 1. The smallest absolute Gasteiger partial charge is 0.233 e. The molecule has 0 aliphatic heterocycles. The maximum absolute atomic E-state index is 12.4. The first-order valence-electron chi connectivity index (χ1n) is 6.26. The van der Waals surface area contributed by atoms with Crippen LogP contribution in [0.3, 0.4) is 0 Å². The third-order valence-electron chi connectivity index (χ3n) is 3.45. The molecule has 1 aliphatic rings. The van der Waals surface area contributed by atoms with E-state index in [4.69, 9.17) is 9.15 Å². The molecule has 0 saturated carbocycles. The highest BCUT2D eigenvalue weighted by atomic mass is 16.5. The van der Waals surface area contributed by atoms with Crippen LogP contribution in [0.4, 0.5) is 0 Å². The molecule has 1 aromatic heterocycles. The molecule has 0 bridgehead atoms. The van der Waals surface area contributed by atoms with Gasteiger partial charge in [0, 0.05) is 5.56 Å². The van der Waals surface area contributed by atoms with Gasteiger partial charge in [-0.1, -0.05) is 0 Å². The van der Waals surface area contributed by atoms with E-state index in [0.717, 1.165) is 0 Å². The standard InChI is InChI=1S/C15H12O6/c1-6(16)10-5-8-12(17)7-3-4-9(20-2)13(18)11(7)14(19)15(8)21-10/h3-6,16,18H,1-2H3. The van der Waals surface area contributed by atoms with Crippen molar-refractivity contribution < 1.29 is 29.0 Å². The van der Waals surface area contributed by atoms with Gasteiger partial charge in [0.25, 0.3) is 0 Å². The summed E-state index contributed by atoms with van der Waals surface area (Å²) in [6, 6.07) is 4.19. The highest BCUT2D eigenvalue weighted by Crippen LogP contribution is 2.39. The molecule has 1 atom stereocenters. The third kappa shape index (κ3) is 1.76. The van der Waals surface area contributed by atoms with Crippen LogP contribution in [0.1, 0.15) is 50.8 Å². The Hall–Kier alpha value is -2.60. The van der Waals surface area contributed by atoms with Crippen LogP contribution in [0, 0.1) is 0 Å². The highest BCUT2D eigenvalue weighted by molar-refractivity contribution is 6.28. The van der Waals surface area contributed by atoms with Gasteiger partial charge >= 0.3 is 0 Å². The molecule has 1 aliphatic carbocycles. The summed E-state index contributed by atoms with van der Waals surface area (Å²) in [5.41, 5.74) is 0.0371. The maximum atomic E-state index is 12.4. The SMILES string of the molecule is COc1ccc2c(c1O)C(=O)c1oc(C(C)O)cc1C2=O. The van der Waals surface area contributed by atoms with Crippen LogP contribution in [0.25, 0.3) is 0 Å². The van der Waals surface area contributed by atoms with Crippen molar-refractivity contribution in [3.05, 3.63) is 46.4 Å². The number of aromatic hydroxyl groups is 1. The van der Waals surface area contributed by atoms with Crippen molar-refractivity contribution in [2.24, 2.45) is 0 Å². The zero-order valence-electron chi connectivity index (χ0n) is 11.3. The molecule has 0 spiro atoms. The summed E-state index contributed by atoms with van der Waals surface area (Å²) >= 11 is 0. The average molecular weight is 288 g/mol. The lowest BCUT2D eigenvalue weighted by atomic mass is 9.87. The fraction of sp³-hybridized carbons (Fsp3) is 0.200. The Morgan fingerprint density at radius 2 is 1.90 bits per heavy atom. The Morgan fingerprint density at radius 1 is 1.19 bits per heavy atom. The minimum Gasteiger partial charge on any atom is -0.504 e. The molecule has 0 saturated heterocycles. The van der Waals surface area contributed by atoms with E-state index in [0.29, 0.717) is 0 Å². The fourth-order valence-corrected chi connectivity index (χ4v) is 2.37. The van der Waals surface area contributed by atoms with E-state index in [1.165, 1.54) is 32.2 Å². The number of methoxy groups -OCH3 is 1. The van der Waals surface area contributed by atoms with Crippen molar-refractivity contribution in [3.8, 4) is 11.5 Å².